The van der Waals surface area contributed by atoms with Crippen molar-refractivity contribution in [3.8, 4) is 5.75 Å². The van der Waals surface area contributed by atoms with Gasteiger partial charge in [0.15, 0.2) is 0 Å². The average molecular weight is 393 g/mol. The standard InChI is InChI=1S/C23H18ClFN2O/c1-14-2-4-16(5-3-14)23-27-21(19-12-17(24)8-11-22(19)28-23)13-20(26-27)15-6-9-18(25)10-7-15/h2-12,21,23H,13H2,1H3/t21-,23-/m0/s1. The van der Waals surface area contributed by atoms with Gasteiger partial charge in [0.1, 0.15) is 11.6 Å². The van der Waals surface area contributed by atoms with Gasteiger partial charge in [-0.1, -0.05) is 53.6 Å². The predicted molar refractivity (Wildman–Crippen MR) is 108 cm³/mol. The van der Waals surface area contributed by atoms with Crippen molar-refractivity contribution in [1.29, 1.82) is 0 Å². The van der Waals surface area contributed by atoms with Crippen molar-refractivity contribution in [1.82, 2.24) is 5.01 Å². The Balaban J connectivity index is 1.59. The Morgan fingerprint density at radius 2 is 1.79 bits per heavy atom. The predicted octanol–water partition coefficient (Wildman–Crippen LogP) is 6.03. The number of fused-ring (bicyclic) bond motifs is 3. The second-order valence-electron chi connectivity index (χ2n) is 7.22. The number of aryl methyl sites for hydroxylation is 1. The lowest BCUT2D eigenvalue weighted by Crippen LogP contribution is -2.33. The topological polar surface area (TPSA) is 24.8 Å². The molecule has 0 amide bonds. The van der Waals surface area contributed by atoms with Crippen LogP contribution >= 0.6 is 11.6 Å². The lowest BCUT2D eigenvalue weighted by molar-refractivity contribution is -0.0190. The van der Waals surface area contributed by atoms with Gasteiger partial charge in [-0.15, -0.1) is 0 Å². The summed E-state index contributed by atoms with van der Waals surface area (Å²) in [6.07, 6.45) is 0.391. The summed E-state index contributed by atoms with van der Waals surface area (Å²) in [6, 6.07) is 20.5. The van der Waals surface area contributed by atoms with Crippen LogP contribution in [0, 0.1) is 12.7 Å². The van der Waals surface area contributed by atoms with E-state index in [9.17, 15) is 4.39 Å². The summed E-state index contributed by atoms with van der Waals surface area (Å²) in [4.78, 5) is 0. The molecule has 3 aromatic carbocycles. The van der Waals surface area contributed by atoms with Gasteiger partial charge in [0, 0.05) is 22.6 Å². The molecule has 0 radical (unpaired) electrons. The number of ether oxygens (including phenoxy) is 1. The minimum Gasteiger partial charge on any atom is -0.464 e. The third-order valence-electron chi connectivity index (χ3n) is 5.29. The Morgan fingerprint density at radius 1 is 1.04 bits per heavy atom. The second kappa shape index (κ2) is 6.64. The Hall–Kier alpha value is -2.85. The van der Waals surface area contributed by atoms with E-state index in [1.807, 2.05) is 23.2 Å². The highest BCUT2D eigenvalue weighted by Gasteiger charge is 2.41. The number of hydrogen-bond donors (Lipinski definition) is 0. The van der Waals surface area contributed by atoms with E-state index in [4.69, 9.17) is 21.4 Å². The highest BCUT2D eigenvalue weighted by Crippen LogP contribution is 2.48. The molecule has 2 aliphatic heterocycles. The maximum absolute atomic E-state index is 13.3. The summed E-state index contributed by atoms with van der Waals surface area (Å²) in [6.45, 7) is 2.06. The van der Waals surface area contributed by atoms with E-state index in [1.165, 1.54) is 17.7 Å². The zero-order chi connectivity index (χ0) is 19.3. The van der Waals surface area contributed by atoms with E-state index >= 15 is 0 Å². The summed E-state index contributed by atoms with van der Waals surface area (Å²) in [5.74, 6) is 0.574. The molecule has 2 heterocycles. The molecule has 0 saturated heterocycles. The molecule has 3 aromatic rings. The van der Waals surface area contributed by atoms with Crippen LogP contribution in [0.15, 0.2) is 71.8 Å². The molecule has 0 unspecified atom stereocenters. The van der Waals surface area contributed by atoms with Gasteiger partial charge in [-0.05, 0) is 42.8 Å². The number of benzene rings is 3. The minimum atomic E-state index is -0.322. The zero-order valence-corrected chi connectivity index (χ0v) is 16.0. The van der Waals surface area contributed by atoms with Crippen molar-refractivity contribution >= 4 is 17.3 Å². The third-order valence-corrected chi connectivity index (χ3v) is 5.53. The smallest absolute Gasteiger partial charge is 0.213 e. The van der Waals surface area contributed by atoms with Crippen molar-refractivity contribution in [3.05, 3.63) is 99.8 Å². The van der Waals surface area contributed by atoms with E-state index < -0.39 is 0 Å². The van der Waals surface area contributed by atoms with E-state index in [-0.39, 0.29) is 18.1 Å². The fourth-order valence-electron chi connectivity index (χ4n) is 3.83. The average Bonchev–Trinajstić information content (AvgIpc) is 3.14. The van der Waals surface area contributed by atoms with Gasteiger partial charge in [-0.2, -0.15) is 5.10 Å². The van der Waals surface area contributed by atoms with Gasteiger partial charge in [-0.25, -0.2) is 9.40 Å². The molecule has 3 nitrogen and oxygen atoms in total. The van der Waals surface area contributed by atoms with Crippen LogP contribution in [0.2, 0.25) is 5.02 Å². The van der Waals surface area contributed by atoms with Gasteiger partial charge >= 0.3 is 0 Å². The maximum atomic E-state index is 13.3. The Morgan fingerprint density at radius 3 is 2.54 bits per heavy atom. The van der Waals surface area contributed by atoms with Crippen LogP contribution in [0.4, 0.5) is 4.39 Å². The SMILES string of the molecule is Cc1ccc([C@@H]2Oc3ccc(Cl)cc3[C@@H]3CC(c4ccc(F)cc4)=NN32)cc1. The van der Waals surface area contributed by atoms with E-state index in [2.05, 4.69) is 31.2 Å². The summed E-state index contributed by atoms with van der Waals surface area (Å²) in [5.41, 5.74) is 5.10. The molecular weight excluding hydrogens is 375 g/mol. The lowest BCUT2D eigenvalue weighted by atomic mass is 9.96. The molecule has 0 N–H and O–H groups in total. The maximum Gasteiger partial charge on any atom is 0.213 e. The van der Waals surface area contributed by atoms with Crippen LogP contribution in [0.25, 0.3) is 0 Å². The minimum absolute atomic E-state index is 0.0220. The quantitative estimate of drug-likeness (QED) is 0.532. The van der Waals surface area contributed by atoms with Gasteiger partial charge in [0.05, 0.1) is 11.8 Å². The van der Waals surface area contributed by atoms with Crippen molar-refractivity contribution in [2.24, 2.45) is 5.10 Å². The second-order valence-corrected chi connectivity index (χ2v) is 7.65. The van der Waals surface area contributed by atoms with Gasteiger partial charge in [-0.3, -0.25) is 0 Å². The first-order valence-corrected chi connectivity index (χ1v) is 9.61. The van der Waals surface area contributed by atoms with Crippen molar-refractivity contribution < 1.29 is 9.13 Å². The summed E-state index contributed by atoms with van der Waals surface area (Å²) < 4.78 is 19.7. The van der Waals surface area contributed by atoms with Crippen molar-refractivity contribution in [2.45, 2.75) is 25.6 Å². The Bertz CT molecular complexity index is 1060. The first kappa shape index (κ1) is 17.3. The van der Waals surface area contributed by atoms with Crippen LogP contribution in [-0.2, 0) is 0 Å². The molecule has 0 fully saturated rings. The molecule has 0 spiro atoms. The largest absolute Gasteiger partial charge is 0.464 e. The van der Waals surface area contributed by atoms with Crippen molar-refractivity contribution in [3.63, 3.8) is 0 Å². The first-order valence-electron chi connectivity index (χ1n) is 9.23. The summed E-state index contributed by atoms with van der Waals surface area (Å²) >= 11 is 6.26. The zero-order valence-electron chi connectivity index (χ0n) is 15.3. The molecule has 5 rings (SSSR count). The molecule has 0 bridgehead atoms. The highest BCUT2D eigenvalue weighted by atomic mass is 35.5. The van der Waals surface area contributed by atoms with Gasteiger partial charge in [0.25, 0.3) is 0 Å². The van der Waals surface area contributed by atoms with Crippen LogP contribution in [0.3, 0.4) is 0 Å². The van der Waals surface area contributed by atoms with Crippen LogP contribution < -0.4 is 4.74 Å². The number of nitrogens with zero attached hydrogens (tertiary/aromatic N) is 2. The number of hydrazone groups is 1. The van der Waals surface area contributed by atoms with E-state index in [1.54, 1.807) is 12.1 Å². The van der Waals surface area contributed by atoms with Gasteiger partial charge < -0.3 is 4.74 Å². The van der Waals surface area contributed by atoms with Gasteiger partial charge in [0.2, 0.25) is 6.23 Å². The van der Waals surface area contributed by atoms with Crippen molar-refractivity contribution in [2.75, 3.05) is 0 Å². The van der Waals surface area contributed by atoms with Crippen LogP contribution in [0.5, 0.6) is 5.75 Å². The fourth-order valence-corrected chi connectivity index (χ4v) is 4.01. The Labute approximate surface area is 168 Å². The van der Waals surface area contributed by atoms with E-state index in [0.29, 0.717) is 11.4 Å². The Kier molecular flexibility index (Phi) is 4.09. The third kappa shape index (κ3) is 2.94. The first-order chi connectivity index (χ1) is 13.6. The molecule has 140 valence electrons. The lowest BCUT2D eigenvalue weighted by Gasteiger charge is -2.38. The molecule has 5 heteroatoms. The monoisotopic (exact) mass is 392 g/mol. The van der Waals surface area contributed by atoms with Crippen LogP contribution in [0.1, 0.15) is 40.9 Å². The molecule has 0 aliphatic carbocycles. The molecule has 0 saturated carbocycles. The highest BCUT2D eigenvalue weighted by molar-refractivity contribution is 6.30. The normalized spacial score (nSPS) is 20.2. The molecule has 0 aromatic heterocycles. The molecule has 2 aliphatic rings. The summed E-state index contributed by atoms with van der Waals surface area (Å²) in [5, 5.41) is 7.55. The fraction of sp³-hybridized carbons (Fsp3) is 0.174. The van der Waals surface area contributed by atoms with Crippen LogP contribution in [-0.4, -0.2) is 10.7 Å². The molecular formula is C23H18ClFN2O. The number of rotatable bonds is 2. The number of halogens is 2. The number of hydrogen-bond acceptors (Lipinski definition) is 3. The summed E-state index contributed by atoms with van der Waals surface area (Å²) in [7, 11) is 0. The molecule has 28 heavy (non-hydrogen) atoms. The molecule has 2 atom stereocenters. The van der Waals surface area contributed by atoms with E-state index in [0.717, 1.165) is 28.2 Å².